The molecule has 0 spiro atoms. The Hall–Kier alpha value is -2.69. The van der Waals surface area contributed by atoms with E-state index in [0.29, 0.717) is 29.2 Å². The van der Waals surface area contributed by atoms with Crippen LogP contribution in [0.1, 0.15) is 27.0 Å². The van der Waals surface area contributed by atoms with Crippen LogP contribution in [0.15, 0.2) is 36.4 Å². The summed E-state index contributed by atoms with van der Waals surface area (Å²) < 4.78 is 40.6. The van der Waals surface area contributed by atoms with E-state index in [1.165, 1.54) is 24.3 Å². The first kappa shape index (κ1) is 21.0. The van der Waals surface area contributed by atoms with Gasteiger partial charge in [0.05, 0.1) is 17.1 Å². The van der Waals surface area contributed by atoms with E-state index in [-0.39, 0.29) is 18.2 Å². The molecular formula is C21H18ClF3N2O2. The average Bonchev–Trinajstić information content (AvgIpc) is 2.91. The van der Waals surface area contributed by atoms with E-state index in [1.807, 2.05) is 25.1 Å². The van der Waals surface area contributed by atoms with Gasteiger partial charge in [0, 0.05) is 18.7 Å². The Labute approximate surface area is 171 Å². The molecule has 0 saturated carbocycles. The van der Waals surface area contributed by atoms with Crippen molar-refractivity contribution in [3.8, 4) is 17.6 Å². The van der Waals surface area contributed by atoms with Gasteiger partial charge in [0.2, 0.25) is 0 Å². The number of halogens is 4. The van der Waals surface area contributed by atoms with Crippen molar-refractivity contribution < 1.29 is 22.7 Å². The van der Waals surface area contributed by atoms with Gasteiger partial charge in [-0.2, -0.15) is 0 Å². The average molecular weight is 423 g/mol. The number of alkyl halides is 3. The molecule has 1 amide bonds. The monoisotopic (exact) mass is 422 g/mol. The van der Waals surface area contributed by atoms with E-state index < -0.39 is 6.36 Å². The molecule has 152 valence electrons. The van der Waals surface area contributed by atoms with Crippen LogP contribution in [-0.2, 0) is 13.1 Å². The molecule has 3 rings (SSSR count). The number of hydrogen-bond acceptors (Lipinski definition) is 3. The van der Waals surface area contributed by atoms with Gasteiger partial charge < -0.3 is 9.64 Å². The van der Waals surface area contributed by atoms with Crippen LogP contribution < -0.4 is 4.74 Å². The van der Waals surface area contributed by atoms with Gasteiger partial charge in [0.25, 0.3) is 5.91 Å². The summed E-state index contributed by atoms with van der Waals surface area (Å²) in [5.74, 6) is 5.55. The fourth-order valence-electron chi connectivity index (χ4n) is 2.98. The zero-order valence-corrected chi connectivity index (χ0v) is 16.6. The summed E-state index contributed by atoms with van der Waals surface area (Å²) in [5.41, 5.74) is 2.65. The summed E-state index contributed by atoms with van der Waals surface area (Å²) in [5, 5.41) is 0.345. The highest BCUT2D eigenvalue weighted by Crippen LogP contribution is 2.32. The van der Waals surface area contributed by atoms with Crippen molar-refractivity contribution >= 4 is 17.5 Å². The van der Waals surface area contributed by atoms with Gasteiger partial charge in [-0.25, -0.2) is 0 Å². The Bertz CT molecular complexity index is 976. The first-order chi connectivity index (χ1) is 13.6. The van der Waals surface area contributed by atoms with E-state index in [4.69, 9.17) is 11.6 Å². The zero-order valence-electron chi connectivity index (χ0n) is 15.8. The second kappa shape index (κ2) is 8.36. The number of amides is 1. The van der Waals surface area contributed by atoms with Crippen molar-refractivity contribution in [2.75, 3.05) is 20.6 Å². The highest BCUT2D eigenvalue weighted by atomic mass is 35.5. The molecule has 4 nitrogen and oxygen atoms in total. The van der Waals surface area contributed by atoms with Crippen LogP contribution in [0.3, 0.4) is 0 Å². The molecule has 0 bridgehead atoms. The van der Waals surface area contributed by atoms with Gasteiger partial charge in [-0.15, -0.1) is 13.2 Å². The number of ether oxygens (including phenoxy) is 1. The van der Waals surface area contributed by atoms with Crippen LogP contribution >= 0.6 is 11.6 Å². The normalized spacial score (nSPS) is 13.3. The van der Waals surface area contributed by atoms with Crippen molar-refractivity contribution in [1.29, 1.82) is 0 Å². The fraction of sp³-hybridized carbons (Fsp3) is 0.286. The highest BCUT2D eigenvalue weighted by molar-refractivity contribution is 6.34. The summed E-state index contributed by atoms with van der Waals surface area (Å²) in [6.07, 6.45) is -4.74. The second-order valence-corrected chi connectivity index (χ2v) is 7.29. The molecule has 0 fully saturated rings. The van der Waals surface area contributed by atoms with Gasteiger partial charge in [-0.3, -0.25) is 9.69 Å². The number of fused-ring (bicyclic) bond motifs is 1. The summed E-state index contributed by atoms with van der Waals surface area (Å²) in [4.78, 5) is 16.2. The number of hydrogen-bond donors (Lipinski definition) is 0. The fourth-order valence-corrected chi connectivity index (χ4v) is 3.30. The maximum Gasteiger partial charge on any atom is 0.573 e. The smallest absolute Gasteiger partial charge is 0.406 e. The topological polar surface area (TPSA) is 32.8 Å². The van der Waals surface area contributed by atoms with Gasteiger partial charge in [0.15, 0.2) is 0 Å². The maximum absolute atomic E-state index is 12.7. The number of carbonyl (C=O) groups excluding carboxylic acids is 1. The molecule has 1 aliphatic rings. The third kappa shape index (κ3) is 5.43. The summed E-state index contributed by atoms with van der Waals surface area (Å²) in [7, 11) is 3.84. The molecule has 8 heteroatoms. The van der Waals surface area contributed by atoms with Crippen molar-refractivity contribution in [2.24, 2.45) is 0 Å². The lowest BCUT2D eigenvalue weighted by Gasteiger charge is -2.16. The van der Waals surface area contributed by atoms with E-state index in [2.05, 4.69) is 16.6 Å². The van der Waals surface area contributed by atoms with Gasteiger partial charge >= 0.3 is 6.36 Å². The third-order valence-electron chi connectivity index (χ3n) is 4.19. The SMILES string of the molecule is CN(C)CC#Cc1cc(Cl)c2c(c1)CN(Cc1ccc(OC(F)(F)F)cc1)C2=O. The summed E-state index contributed by atoms with van der Waals surface area (Å²) in [6, 6.07) is 8.97. The Kier molecular flexibility index (Phi) is 6.06. The lowest BCUT2D eigenvalue weighted by Crippen LogP contribution is -2.23. The zero-order chi connectivity index (χ0) is 21.2. The molecule has 0 unspecified atom stereocenters. The minimum Gasteiger partial charge on any atom is -0.406 e. The number of rotatable bonds is 4. The largest absolute Gasteiger partial charge is 0.573 e. The van der Waals surface area contributed by atoms with E-state index in [0.717, 1.165) is 11.1 Å². The lowest BCUT2D eigenvalue weighted by molar-refractivity contribution is -0.274. The first-order valence-corrected chi connectivity index (χ1v) is 9.10. The molecule has 2 aromatic carbocycles. The minimum absolute atomic E-state index is 0.214. The van der Waals surface area contributed by atoms with Crippen LogP contribution in [-0.4, -0.2) is 42.7 Å². The number of carbonyl (C=O) groups is 1. The molecule has 0 aromatic heterocycles. The summed E-state index contributed by atoms with van der Waals surface area (Å²) >= 11 is 6.31. The lowest BCUT2D eigenvalue weighted by atomic mass is 10.1. The molecule has 2 aromatic rings. The van der Waals surface area contributed by atoms with Crippen molar-refractivity contribution in [2.45, 2.75) is 19.5 Å². The minimum atomic E-state index is -4.74. The van der Waals surface area contributed by atoms with Crippen molar-refractivity contribution in [3.05, 3.63) is 63.7 Å². The first-order valence-electron chi connectivity index (χ1n) is 8.72. The third-order valence-corrected chi connectivity index (χ3v) is 4.49. The Morgan fingerprint density at radius 2 is 1.90 bits per heavy atom. The molecule has 1 aliphatic heterocycles. The van der Waals surface area contributed by atoms with E-state index in [9.17, 15) is 18.0 Å². The molecule has 0 N–H and O–H groups in total. The van der Waals surface area contributed by atoms with Crippen LogP contribution in [0, 0.1) is 11.8 Å². The molecular weight excluding hydrogens is 405 g/mol. The number of benzene rings is 2. The van der Waals surface area contributed by atoms with Crippen molar-refractivity contribution in [1.82, 2.24) is 9.80 Å². The predicted molar refractivity (Wildman–Crippen MR) is 104 cm³/mol. The van der Waals surface area contributed by atoms with Gasteiger partial charge in [-0.1, -0.05) is 35.6 Å². The van der Waals surface area contributed by atoms with Gasteiger partial charge in [0.1, 0.15) is 5.75 Å². The Morgan fingerprint density at radius 3 is 2.52 bits per heavy atom. The highest BCUT2D eigenvalue weighted by Gasteiger charge is 2.32. The summed E-state index contributed by atoms with van der Waals surface area (Å²) in [6.45, 7) is 1.21. The molecule has 0 aliphatic carbocycles. The van der Waals surface area contributed by atoms with Crippen LogP contribution in [0.25, 0.3) is 0 Å². The van der Waals surface area contributed by atoms with E-state index >= 15 is 0 Å². The van der Waals surface area contributed by atoms with Crippen LogP contribution in [0.5, 0.6) is 5.75 Å². The van der Waals surface area contributed by atoms with E-state index in [1.54, 1.807) is 11.0 Å². The van der Waals surface area contributed by atoms with Gasteiger partial charge in [-0.05, 0) is 49.5 Å². The molecule has 1 heterocycles. The Balaban J connectivity index is 1.73. The molecule has 29 heavy (non-hydrogen) atoms. The standard InChI is InChI=1S/C21H18ClF3N2O2/c1-26(2)9-3-4-15-10-16-13-27(20(28)19(16)18(22)11-15)12-14-5-7-17(8-6-14)29-21(23,24)25/h5-8,10-11H,9,12-13H2,1-2H3. The molecule has 0 saturated heterocycles. The van der Waals surface area contributed by atoms with Crippen LogP contribution in [0.2, 0.25) is 5.02 Å². The molecule has 0 radical (unpaired) electrons. The molecule has 0 atom stereocenters. The second-order valence-electron chi connectivity index (χ2n) is 6.88. The predicted octanol–water partition coefficient (Wildman–Crippen LogP) is 4.31. The maximum atomic E-state index is 12.7. The number of nitrogens with zero attached hydrogens (tertiary/aromatic N) is 2. The Morgan fingerprint density at radius 1 is 1.21 bits per heavy atom. The van der Waals surface area contributed by atoms with Crippen LogP contribution in [0.4, 0.5) is 13.2 Å². The van der Waals surface area contributed by atoms with Crippen molar-refractivity contribution in [3.63, 3.8) is 0 Å². The quantitative estimate of drug-likeness (QED) is 0.688.